The Morgan fingerprint density at radius 2 is 2.19 bits per heavy atom. The average Bonchev–Trinajstić information content (AvgIpc) is 3.32. The molecule has 1 saturated heterocycles. The molecule has 1 fully saturated rings. The molecule has 4 rings (SSSR count). The summed E-state index contributed by atoms with van der Waals surface area (Å²) in [5.74, 6) is 0.835. The van der Waals surface area contributed by atoms with Crippen molar-refractivity contribution in [1.82, 2.24) is 19.7 Å². The molecule has 140 valence electrons. The quantitative estimate of drug-likeness (QED) is 0.533. The molecule has 3 aromatic rings. The molecular formula is C19H18Cl2N4OS. The van der Waals surface area contributed by atoms with E-state index in [0.29, 0.717) is 16.6 Å². The van der Waals surface area contributed by atoms with Crippen LogP contribution in [0.25, 0.3) is 0 Å². The molecule has 1 aliphatic rings. The summed E-state index contributed by atoms with van der Waals surface area (Å²) in [6.07, 6.45) is 6.92. The van der Waals surface area contributed by atoms with E-state index in [9.17, 15) is 0 Å². The molecule has 5 nitrogen and oxygen atoms in total. The van der Waals surface area contributed by atoms with Crippen molar-refractivity contribution in [3.63, 3.8) is 0 Å². The summed E-state index contributed by atoms with van der Waals surface area (Å²) >= 11 is 14.3. The second-order valence-corrected chi connectivity index (χ2v) is 8.35. The van der Waals surface area contributed by atoms with Crippen molar-refractivity contribution in [2.45, 2.75) is 36.1 Å². The van der Waals surface area contributed by atoms with Gasteiger partial charge in [-0.25, -0.2) is 14.6 Å². The summed E-state index contributed by atoms with van der Waals surface area (Å²) in [6.45, 7) is 0.555. The molecule has 2 aromatic heterocycles. The normalized spacial score (nSPS) is 22.2. The zero-order valence-corrected chi connectivity index (χ0v) is 16.8. The fraction of sp³-hybridized carbons (Fsp3) is 0.316. The maximum Gasteiger partial charge on any atom is 0.137 e. The molecular weight excluding hydrogens is 403 g/mol. The predicted octanol–water partition coefficient (Wildman–Crippen LogP) is 4.85. The molecule has 3 heterocycles. The second kappa shape index (κ2) is 8.19. The van der Waals surface area contributed by atoms with Gasteiger partial charge in [0.15, 0.2) is 0 Å². The van der Waals surface area contributed by atoms with Gasteiger partial charge in [-0.2, -0.15) is 5.10 Å². The van der Waals surface area contributed by atoms with Crippen molar-refractivity contribution in [3.8, 4) is 0 Å². The standard InChI is InChI=1S/C19H18Cl2N4OS/c20-14-4-5-16(17(21)9-14)19(11-25-13-22-12-24-25)7-6-15(26-19)10-27-18-3-1-2-8-23-18/h1-5,8-9,12-13,15H,6-7,10-11H2. The van der Waals surface area contributed by atoms with Crippen LogP contribution in [0.5, 0.6) is 0 Å². The Kier molecular flexibility index (Phi) is 5.68. The molecule has 1 aliphatic heterocycles. The molecule has 0 bridgehead atoms. The summed E-state index contributed by atoms with van der Waals surface area (Å²) in [5.41, 5.74) is 0.388. The van der Waals surface area contributed by atoms with Gasteiger partial charge < -0.3 is 4.74 Å². The first-order valence-corrected chi connectivity index (χ1v) is 10.4. The van der Waals surface area contributed by atoms with Crippen LogP contribution < -0.4 is 0 Å². The second-order valence-electron chi connectivity index (χ2n) is 6.47. The van der Waals surface area contributed by atoms with Crippen LogP contribution in [0.3, 0.4) is 0 Å². The average molecular weight is 421 g/mol. The van der Waals surface area contributed by atoms with Gasteiger partial charge in [-0.1, -0.05) is 35.3 Å². The number of halogens is 2. The lowest BCUT2D eigenvalue weighted by Gasteiger charge is -2.31. The summed E-state index contributed by atoms with van der Waals surface area (Å²) in [7, 11) is 0. The number of aromatic nitrogens is 4. The van der Waals surface area contributed by atoms with Crippen LogP contribution in [0.1, 0.15) is 18.4 Å². The number of pyridine rings is 1. The van der Waals surface area contributed by atoms with Gasteiger partial charge in [0.25, 0.3) is 0 Å². The Labute approximate surface area is 172 Å². The van der Waals surface area contributed by atoms with Crippen LogP contribution >= 0.6 is 35.0 Å². The summed E-state index contributed by atoms with van der Waals surface area (Å²) in [6, 6.07) is 11.5. The van der Waals surface area contributed by atoms with Gasteiger partial charge in [0.2, 0.25) is 0 Å². The third kappa shape index (κ3) is 4.29. The van der Waals surface area contributed by atoms with E-state index in [1.807, 2.05) is 30.3 Å². The maximum absolute atomic E-state index is 6.59. The van der Waals surface area contributed by atoms with Gasteiger partial charge in [-0.05, 0) is 37.1 Å². The number of rotatable bonds is 6. The summed E-state index contributed by atoms with van der Waals surface area (Å²) in [4.78, 5) is 8.42. The van der Waals surface area contributed by atoms with E-state index < -0.39 is 5.60 Å². The van der Waals surface area contributed by atoms with Crippen LogP contribution in [0, 0.1) is 0 Å². The van der Waals surface area contributed by atoms with Crippen LogP contribution in [0.15, 0.2) is 60.3 Å². The van der Waals surface area contributed by atoms with Crippen molar-refractivity contribution < 1.29 is 4.74 Å². The number of nitrogens with zero attached hydrogens (tertiary/aromatic N) is 4. The lowest BCUT2D eigenvalue weighted by atomic mass is 9.90. The van der Waals surface area contributed by atoms with E-state index >= 15 is 0 Å². The molecule has 0 saturated carbocycles. The van der Waals surface area contributed by atoms with Crippen LogP contribution in [0.4, 0.5) is 0 Å². The first kappa shape index (κ1) is 18.7. The molecule has 0 amide bonds. The van der Waals surface area contributed by atoms with Crippen molar-refractivity contribution in [1.29, 1.82) is 0 Å². The molecule has 8 heteroatoms. The van der Waals surface area contributed by atoms with Crippen molar-refractivity contribution in [3.05, 3.63) is 70.9 Å². The maximum atomic E-state index is 6.59. The zero-order chi connectivity index (χ0) is 18.7. The Bertz CT molecular complexity index is 894. The lowest BCUT2D eigenvalue weighted by Crippen LogP contribution is -2.33. The van der Waals surface area contributed by atoms with E-state index in [4.69, 9.17) is 27.9 Å². The Hall–Kier alpha value is -1.60. The van der Waals surface area contributed by atoms with Crippen LogP contribution in [-0.4, -0.2) is 31.6 Å². The van der Waals surface area contributed by atoms with E-state index in [1.54, 1.807) is 35.0 Å². The van der Waals surface area contributed by atoms with E-state index in [1.165, 1.54) is 6.33 Å². The molecule has 1 aromatic carbocycles. The van der Waals surface area contributed by atoms with Gasteiger partial charge >= 0.3 is 0 Å². The van der Waals surface area contributed by atoms with Crippen molar-refractivity contribution >= 4 is 35.0 Å². The number of thioether (sulfide) groups is 1. The molecule has 27 heavy (non-hydrogen) atoms. The molecule has 0 radical (unpaired) electrons. The number of ether oxygens (including phenoxy) is 1. The minimum atomic E-state index is -0.551. The first-order chi connectivity index (χ1) is 13.1. The fourth-order valence-corrected chi connectivity index (χ4v) is 4.88. The monoisotopic (exact) mass is 420 g/mol. The van der Waals surface area contributed by atoms with Crippen LogP contribution in [0.2, 0.25) is 10.0 Å². The third-order valence-electron chi connectivity index (χ3n) is 4.62. The fourth-order valence-electron chi connectivity index (χ4n) is 3.39. The van der Waals surface area contributed by atoms with E-state index in [-0.39, 0.29) is 6.10 Å². The Balaban J connectivity index is 1.56. The molecule has 2 unspecified atom stereocenters. The van der Waals surface area contributed by atoms with Gasteiger partial charge in [0.05, 0.1) is 17.7 Å². The molecule has 0 spiro atoms. The van der Waals surface area contributed by atoms with Gasteiger partial charge in [0.1, 0.15) is 18.3 Å². The van der Waals surface area contributed by atoms with E-state index in [0.717, 1.165) is 29.2 Å². The summed E-state index contributed by atoms with van der Waals surface area (Å²) in [5, 5.41) is 6.48. The molecule has 0 aliphatic carbocycles. The largest absolute Gasteiger partial charge is 0.364 e. The van der Waals surface area contributed by atoms with E-state index in [2.05, 4.69) is 15.1 Å². The number of hydrogen-bond acceptors (Lipinski definition) is 5. The SMILES string of the molecule is Clc1ccc(C2(Cn3cncn3)CCC(CSc3ccccn3)O2)c(Cl)c1. The topological polar surface area (TPSA) is 52.8 Å². The third-order valence-corrected chi connectivity index (χ3v) is 6.25. The summed E-state index contributed by atoms with van der Waals surface area (Å²) < 4.78 is 8.38. The van der Waals surface area contributed by atoms with Crippen molar-refractivity contribution in [2.24, 2.45) is 0 Å². The van der Waals surface area contributed by atoms with Gasteiger partial charge in [0, 0.05) is 27.6 Å². The zero-order valence-electron chi connectivity index (χ0n) is 14.5. The minimum absolute atomic E-state index is 0.104. The number of hydrogen-bond donors (Lipinski definition) is 0. The smallest absolute Gasteiger partial charge is 0.137 e. The highest BCUT2D eigenvalue weighted by Gasteiger charge is 2.43. The predicted molar refractivity (Wildman–Crippen MR) is 107 cm³/mol. The number of benzene rings is 1. The highest BCUT2D eigenvalue weighted by Crippen LogP contribution is 2.45. The molecule has 2 atom stereocenters. The Morgan fingerprint density at radius 1 is 1.26 bits per heavy atom. The first-order valence-electron chi connectivity index (χ1n) is 8.64. The van der Waals surface area contributed by atoms with Crippen LogP contribution in [-0.2, 0) is 16.9 Å². The highest BCUT2D eigenvalue weighted by molar-refractivity contribution is 7.99. The van der Waals surface area contributed by atoms with Crippen molar-refractivity contribution in [2.75, 3.05) is 5.75 Å². The van der Waals surface area contributed by atoms with Gasteiger partial charge in [-0.15, -0.1) is 11.8 Å². The lowest BCUT2D eigenvalue weighted by molar-refractivity contribution is -0.0507. The minimum Gasteiger partial charge on any atom is -0.364 e. The Morgan fingerprint density at radius 3 is 2.93 bits per heavy atom. The highest BCUT2D eigenvalue weighted by atomic mass is 35.5. The molecule has 0 N–H and O–H groups in total. The van der Waals surface area contributed by atoms with Gasteiger partial charge in [-0.3, -0.25) is 0 Å².